The van der Waals surface area contributed by atoms with Crippen molar-refractivity contribution in [3.8, 4) is 11.5 Å². The van der Waals surface area contributed by atoms with Crippen molar-refractivity contribution in [2.75, 3.05) is 23.0 Å². The van der Waals surface area contributed by atoms with Gasteiger partial charge < -0.3 is 19.3 Å². The maximum absolute atomic E-state index is 6.52. The van der Waals surface area contributed by atoms with Crippen molar-refractivity contribution < 1.29 is 9.47 Å². The summed E-state index contributed by atoms with van der Waals surface area (Å²) in [6.07, 6.45) is 12.8. The minimum Gasteiger partial charge on any atom is -0.488 e. The van der Waals surface area contributed by atoms with Crippen LogP contribution in [0.2, 0.25) is 0 Å². The van der Waals surface area contributed by atoms with Gasteiger partial charge in [0.2, 0.25) is 0 Å². The standard InChI is InChI=1S/C52H50N2O2S/c1-3-5-39-55-51-49(37-31-41-27-33-47(34-28-41)53(43-19-11-7-12-20-43)44-21-13-8-14-22-44)57-50(52(51)56-40-6-4-2)38-32-42-29-35-48(36-30-42)54(45-23-15-9-16-24-45)46-25-17-10-18-26-46/h7-38H,3-6,39-40H2,1-2H3/b37-31+,38-32+. The lowest BCUT2D eigenvalue weighted by atomic mass is 10.1. The Morgan fingerprint density at radius 1 is 0.386 bits per heavy atom. The molecule has 0 fully saturated rings. The Bertz CT molecular complexity index is 2060. The van der Waals surface area contributed by atoms with E-state index in [9.17, 15) is 0 Å². The number of unbranched alkanes of at least 4 members (excludes halogenated alkanes) is 2. The maximum Gasteiger partial charge on any atom is 0.179 e. The van der Waals surface area contributed by atoms with Crippen molar-refractivity contribution in [3.05, 3.63) is 191 Å². The number of hydrogen-bond acceptors (Lipinski definition) is 5. The maximum atomic E-state index is 6.52. The van der Waals surface area contributed by atoms with Crippen LogP contribution in [0.5, 0.6) is 11.5 Å². The SMILES string of the molecule is CCCCOc1c(/C=C/c2ccc(N(c3ccccc3)c3ccccc3)cc2)sc(/C=C/c2ccc(N(c3ccccc3)c3ccccc3)cc2)c1OCCCC. The molecule has 4 nitrogen and oxygen atoms in total. The van der Waals surface area contributed by atoms with Gasteiger partial charge in [-0.2, -0.15) is 0 Å². The third kappa shape index (κ3) is 10.1. The van der Waals surface area contributed by atoms with E-state index in [1.807, 2.05) is 0 Å². The Kier molecular flexibility index (Phi) is 13.7. The van der Waals surface area contributed by atoms with Crippen LogP contribution in [0.3, 0.4) is 0 Å². The van der Waals surface area contributed by atoms with Gasteiger partial charge in [0.05, 0.1) is 23.0 Å². The second-order valence-electron chi connectivity index (χ2n) is 13.8. The van der Waals surface area contributed by atoms with Gasteiger partial charge in [0.15, 0.2) is 11.5 Å². The summed E-state index contributed by atoms with van der Waals surface area (Å²) >= 11 is 1.71. The first-order chi connectivity index (χ1) is 28.2. The second-order valence-corrected chi connectivity index (χ2v) is 14.8. The van der Waals surface area contributed by atoms with E-state index in [1.165, 1.54) is 0 Å². The fraction of sp³-hybridized carbons (Fsp3) is 0.154. The zero-order valence-corrected chi connectivity index (χ0v) is 33.7. The number of hydrogen-bond donors (Lipinski definition) is 0. The molecule has 6 aromatic carbocycles. The van der Waals surface area contributed by atoms with Crippen LogP contribution in [-0.4, -0.2) is 13.2 Å². The van der Waals surface area contributed by atoms with Crippen molar-refractivity contribution in [2.45, 2.75) is 39.5 Å². The van der Waals surface area contributed by atoms with Crippen LogP contribution in [0.4, 0.5) is 34.1 Å². The first-order valence-electron chi connectivity index (χ1n) is 20.0. The number of anilines is 6. The van der Waals surface area contributed by atoms with E-state index in [-0.39, 0.29) is 0 Å². The summed E-state index contributed by atoms with van der Waals surface area (Å²) in [5.41, 5.74) is 8.90. The predicted octanol–water partition coefficient (Wildman–Crippen LogP) is 15.4. The van der Waals surface area contributed by atoms with Crippen LogP contribution in [-0.2, 0) is 0 Å². The molecule has 57 heavy (non-hydrogen) atoms. The molecule has 0 amide bonds. The van der Waals surface area contributed by atoms with Crippen LogP contribution in [0.25, 0.3) is 24.3 Å². The highest BCUT2D eigenvalue weighted by atomic mass is 32.1. The summed E-state index contributed by atoms with van der Waals surface area (Å²) in [6.45, 7) is 5.67. The fourth-order valence-corrected chi connectivity index (χ4v) is 7.58. The average Bonchev–Trinajstić information content (AvgIpc) is 3.60. The third-order valence-corrected chi connectivity index (χ3v) is 10.7. The monoisotopic (exact) mass is 766 g/mol. The quantitative estimate of drug-likeness (QED) is 0.0812. The summed E-state index contributed by atoms with van der Waals surface area (Å²) < 4.78 is 13.0. The van der Waals surface area contributed by atoms with Gasteiger partial charge in [0.25, 0.3) is 0 Å². The van der Waals surface area contributed by atoms with Crippen LogP contribution in [0, 0.1) is 0 Å². The van der Waals surface area contributed by atoms with E-state index < -0.39 is 0 Å². The molecule has 0 spiro atoms. The number of rotatable bonds is 18. The first-order valence-corrected chi connectivity index (χ1v) is 20.8. The summed E-state index contributed by atoms with van der Waals surface area (Å²) in [5.74, 6) is 1.65. The number of ether oxygens (including phenoxy) is 2. The molecule has 0 N–H and O–H groups in total. The van der Waals surface area contributed by atoms with E-state index >= 15 is 0 Å². The second kappa shape index (κ2) is 20.0. The predicted molar refractivity (Wildman–Crippen MR) is 245 cm³/mol. The van der Waals surface area contributed by atoms with Gasteiger partial charge in [-0.1, -0.05) is 136 Å². The Hall–Kier alpha value is -6.30. The van der Waals surface area contributed by atoms with Crippen molar-refractivity contribution in [1.82, 2.24) is 0 Å². The van der Waals surface area contributed by atoms with Crippen molar-refractivity contribution in [1.29, 1.82) is 0 Å². The largest absolute Gasteiger partial charge is 0.488 e. The molecule has 7 rings (SSSR count). The molecule has 0 saturated carbocycles. The summed E-state index contributed by atoms with van der Waals surface area (Å²) in [7, 11) is 0. The molecule has 1 heterocycles. The van der Waals surface area contributed by atoms with E-state index in [0.29, 0.717) is 13.2 Å². The average molecular weight is 767 g/mol. The molecule has 286 valence electrons. The van der Waals surface area contributed by atoms with Gasteiger partial charge in [-0.3, -0.25) is 0 Å². The molecule has 0 bridgehead atoms. The first kappa shape index (κ1) is 39.0. The lowest BCUT2D eigenvalue weighted by Gasteiger charge is -2.25. The Morgan fingerprint density at radius 2 is 0.684 bits per heavy atom. The molecule has 0 aliphatic carbocycles. The van der Waals surface area contributed by atoms with Crippen molar-refractivity contribution in [2.24, 2.45) is 0 Å². The summed E-state index contributed by atoms with van der Waals surface area (Å²) in [6, 6.07) is 59.4. The normalized spacial score (nSPS) is 11.3. The molecular formula is C52H50N2O2S. The van der Waals surface area contributed by atoms with Crippen LogP contribution in [0.1, 0.15) is 60.4 Å². The van der Waals surface area contributed by atoms with Gasteiger partial charge >= 0.3 is 0 Å². The molecule has 7 aromatic rings. The Morgan fingerprint density at radius 3 is 0.982 bits per heavy atom. The molecule has 1 aromatic heterocycles. The van der Waals surface area contributed by atoms with Crippen molar-refractivity contribution >= 4 is 69.8 Å². The Balaban J connectivity index is 1.17. The van der Waals surface area contributed by atoms with Crippen LogP contribution >= 0.6 is 11.3 Å². The third-order valence-electron chi connectivity index (χ3n) is 9.58. The molecule has 0 unspecified atom stereocenters. The minimum absolute atomic E-state index is 0.645. The highest BCUT2D eigenvalue weighted by Gasteiger charge is 2.19. The molecular weight excluding hydrogens is 717 g/mol. The zero-order chi connectivity index (χ0) is 39.1. The van der Waals surface area contributed by atoms with Crippen molar-refractivity contribution in [3.63, 3.8) is 0 Å². The highest BCUT2D eigenvalue weighted by Crippen LogP contribution is 2.45. The number of benzene rings is 6. The smallest absolute Gasteiger partial charge is 0.179 e. The molecule has 0 radical (unpaired) electrons. The minimum atomic E-state index is 0.645. The van der Waals surface area contributed by atoms with E-state index in [2.05, 4.69) is 218 Å². The highest BCUT2D eigenvalue weighted by molar-refractivity contribution is 7.14. The van der Waals surface area contributed by atoms with E-state index in [4.69, 9.17) is 9.47 Å². The van der Waals surface area contributed by atoms with Gasteiger partial charge in [-0.05, 0) is 109 Å². The molecule has 5 heteroatoms. The molecule has 0 aliphatic heterocycles. The van der Waals surface area contributed by atoms with E-state index in [1.54, 1.807) is 11.3 Å². The van der Waals surface area contributed by atoms with Crippen LogP contribution < -0.4 is 19.3 Å². The number of para-hydroxylation sites is 4. The zero-order valence-electron chi connectivity index (χ0n) is 32.8. The fourth-order valence-electron chi connectivity index (χ4n) is 6.58. The summed E-state index contributed by atoms with van der Waals surface area (Å²) in [5, 5.41) is 0. The van der Waals surface area contributed by atoms with Gasteiger partial charge in [0, 0.05) is 34.1 Å². The topological polar surface area (TPSA) is 24.9 Å². The van der Waals surface area contributed by atoms with Gasteiger partial charge in [0.1, 0.15) is 0 Å². The van der Waals surface area contributed by atoms with Gasteiger partial charge in [-0.25, -0.2) is 0 Å². The Labute approximate surface area is 342 Å². The number of thiophene rings is 1. The van der Waals surface area contributed by atoms with E-state index in [0.717, 1.165) is 92.2 Å². The van der Waals surface area contributed by atoms with Crippen LogP contribution in [0.15, 0.2) is 170 Å². The summed E-state index contributed by atoms with van der Waals surface area (Å²) in [4.78, 5) is 6.66. The van der Waals surface area contributed by atoms with Gasteiger partial charge in [-0.15, -0.1) is 11.3 Å². The molecule has 0 aliphatic rings. The number of nitrogens with zero attached hydrogens (tertiary/aromatic N) is 2. The lowest BCUT2D eigenvalue weighted by Crippen LogP contribution is -2.09. The molecule has 0 atom stereocenters. The molecule has 0 saturated heterocycles. The lowest BCUT2D eigenvalue weighted by molar-refractivity contribution is 0.263.